The molecule has 0 saturated carbocycles. The zero-order valence-electron chi connectivity index (χ0n) is 16.3. The number of halogens is 2. The second-order valence-corrected chi connectivity index (χ2v) is 7.03. The van der Waals surface area contributed by atoms with Gasteiger partial charge in [-0.25, -0.2) is 9.69 Å². The van der Waals surface area contributed by atoms with Gasteiger partial charge < -0.3 is 9.47 Å². The van der Waals surface area contributed by atoms with Gasteiger partial charge in [0, 0.05) is 5.02 Å². The minimum Gasteiger partial charge on any atom is -0.490 e. The summed E-state index contributed by atoms with van der Waals surface area (Å²) in [6.45, 7) is 2.08. The third-order valence-electron chi connectivity index (χ3n) is 4.13. The first-order chi connectivity index (χ1) is 14.8. The van der Waals surface area contributed by atoms with Gasteiger partial charge in [-0.05, 0) is 55.0 Å². The molecule has 7 nitrogen and oxygen atoms in total. The van der Waals surface area contributed by atoms with E-state index in [1.54, 1.807) is 13.0 Å². The number of urea groups is 1. The summed E-state index contributed by atoms with van der Waals surface area (Å²) in [5.74, 6) is 1.26. The number of terminal acetylenes is 1. The Labute approximate surface area is 188 Å². The normalized spacial score (nSPS) is 15.0. The molecule has 4 amide bonds. The van der Waals surface area contributed by atoms with Gasteiger partial charge in [0.05, 0.1) is 17.3 Å². The molecule has 158 valence electrons. The van der Waals surface area contributed by atoms with Crippen molar-refractivity contribution in [3.05, 3.63) is 57.6 Å². The highest BCUT2D eigenvalue weighted by Gasteiger charge is 2.36. The van der Waals surface area contributed by atoms with Crippen LogP contribution in [0.5, 0.6) is 11.5 Å². The molecular formula is C22H16Cl2N2O5. The first-order valence-electron chi connectivity index (χ1n) is 9.05. The van der Waals surface area contributed by atoms with Crippen LogP contribution in [0.4, 0.5) is 10.5 Å². The molecule has 0 bridgehead atoms. The number of imide groups is 2. The maximum atomic E-state index is 13.0. The largest absolute Gasteiger partial charge is 0.490 e. The average molecular weight is 459 g/mol. The summed E-state index contributed by atoms with van der Waals surface area (Å²) < 4.78 is 11.0. The van der Waals surface area contributed by atoms with E-state index < -0.39 is 17.8 Å². The van der Waals surface area contributed by atoms with Crippen molar-refractivity contribution < 1.29 is 23.9 Å². The van der Waals surface area contributed by atoms with Crippen LogP contribution in [-0.4, -0.2) is 31.1 Å². The van der Waals surface area contributed by atoms with E-state index >= 15 is 0 Å². The van der Waals surface area contributed by atoms with Gasteiger partial charge in [0.25, 0.3) is 11.8 Å². The zero-order chi connectivity index (χ0) is 22.5. The molecule has 1 heterocycles. The predicted molar refractivity (Wildman–Crippen MR) is 117 cm³/mol. The minimum atomic E-state index is -0.861. The van der Waals surface area contributed by atoms with E-state index in [1.807, 2.05) is 0 Å². The number of nitrogens with zero attached hydrogens (tertiary/aromatic N) is 1. The molecule has 0 spiro atoms. The Morgan fingerprint density at radius 1 is 1.13 bits per heavy atom. The van der Waals surface area contributed by atoms with Crippen LogP contribution in [0.15, 0.2) is 42.0 Å². The van der Waals surface area contributed by atoms with Crippen LogP contribution in [0.3, 0.4) is 0 Å². The van der Waals surface area contributed by atoms with Crippen LogP contribution >= 0.6 is 23.2 Å². The highest BCUT2D eigenvalue weighted by molar-refractivity contribution is 6.39. The summed E-state index contributed by atoms with van der Waals surface area (Å²) in [6, 6.07) is 8.23. The molecule has 1 saturated heterocycles. The molecule has 2 aromatic rings. The molecule has 31 heavy (non-hydrogen) atoms. The Morgan fingerprint density at radius 3 is 2.48 bits per heavy atom. The predicted octanol–water partition coefficient (Wildman–Crippen LogP) is 4.07. The molecule has 3 rings (SSSR count). The minimum absolute atomic E-state index is 0.0146. The Bertz CT molecular complexity index is 1120. The van der Waals surface area contributed by atoms with Crippen LogP contribution in [0.1, 0.15) is 12.5 Å². The van der Waals surface area contributed by atoms with Crippen molar-refractivity contribution in [1.82, 2.24) is 5.32 Å². The molecule has 1 N–H and O–H groups in total. The van der Waals surface area contributed by atoms with Crippen LogP contribution < -0.4 is 19.7 Å². The summed E-state index contributed by atoms with van der Waals surface area (Å²) >= 11 is 12.2. The Hall–Kier alpha value is -3.47. The highest BCUT2D eigenvalue weighted by atomic mass is 35.5. The molecule has 0 radical (unpaired) electrons. The number of nitrogens with one attached hydrogen (secondary N) is 1. The highest BCUT2D eigenvalue weighted by Crippen LogP contribution is 2.37. The van der Waals surface area contributed by atoms with Crippen molar-refractivity contribution in [2.24, 2.45) is 0 Å². The maximum Gasteiger partial charge on any atom is 0.335 e. The number of hydrogen-bond acceptors (Lipinski definition) is 5. The van der Waals surface area contributed by atoms with Crippen LogP contribution in [0.2, 0.25) is 10.0 Å². The third kappa shape index (κ3) is 4.82. The summed E-state index contributed by atoms with van der Waals surface area (Å²) in [6.07, 6.45) is 6.54. The van der Waals surface area contributed by atoms with E-state index in [4.69, 9.17) is 39.1 Å². The van der Waals surface area contributed by atoms with Gasteiger partial charge in [0.1, 0.15) is 12.2 Å². The van der Waals surface area contributed by atoms with Gasteiger partial charge in [-0.2, -0.15) is 0 Å². The molecule has 0 unspecified atom stereocenters. The molecule has 0 atom stereocenters. The number of benzene rings is 2. The lowest BCUT2D eigenvalue weighted by atomic mass is 10.1. The van der Waals surface area contributed by atoms with E-state index in [-0.39, 0.29) is 28.6 Å². The summed E-state index contributed by atoms with van der Waals surface area (Å²) in [7, 11) is 0. The van der Waals surface area contributed by atoms with E-state index in [0.717, 1.165) is 4.90 Å². The smallest absolute Gasteiger partial charge is 0.335 e. The Balaban J connectivity index is 2.02. The molecule has 0 aromatic heterocycles. The fourth-order valence-corrected chi connectivity index (χ4v) is 3.24. The van der Waals surface area contributed by atoms with Crippen molar-refractivity contribution in [3.8, 4) is 23.8 Å². The third-order valence-corrected chi connectivity index (χ3v) is 4.66. The summed E-state index contributed by atoms with van der Waals surface area (Å²) in [5, 5.41) is 2.77. The second kappa shape index (κ2) is 9.56. The quantitative estimate of drug-likeness (QED) is 0.400. The zero-order valence-corrected chi connectivity index (χ0v) is 17.8. The number of rotatable bonds is 6. The Kier molecular flexibility index (Phi) is 6.85. The number of amides is 4. The molecule has 1 fully saturated rings. The van der Waals surface area contributed by atoms with E-state index in [0.29, 0.717) is 22.9 Å². The van der Waals surface area contributed by atoms with Crippen molar-refractivity contribution in [1.29, 1.82) is 0 Å². The molecule has 1 aliphatic heterocycles. The fraction of sp³-hybridized carbons (Fsp3) is 0.136. The van der Waals surface area contributed by atoms with Crippen molar-refractivity contribution >= 4 is 52.8 Å². The number of carbonyl (C=O) groups excluding carboxylic acids is 3. The van der Waals surface area contributed by atoms with Crippen LogP contribution in [0, 0.1) is 12.3 Å². The van der Waals surface area contributed by atoms with Gasteiger partial charge >= 0.3 is 6.03 Å². The van der Waals surface area contributed by atoms with Gasteiger partial charge in [-0.15, -0.1) is 6.42 Å². The second-order valence-electron chi connectivity index (χ2n) is 6.19. The Morgan fingerprint density at radius 2 is 1.84 bits per heavy atom. The average Bonchev–Trinajstić information content (AvgIpc) is 2.72. The van der Waals surface area contributed by atoms with Crippen molar-refractivity contribution in [2.45, 2.75) is 6.92 Å². The monoisotopic (exact) mass is 458 g/mol. The van der Waals surface area contributed by atoms with Crippen molar-refractivity contribution in [3.63, 3.8) is 0 Å². The van der Waals surface area contributed by atoms with Gasteiger partial charge in [-0.3, -0.25) is 14.9 Å². The SMILES string of the molecule is C#CCOc1c(Cl)cc(/C=C2\C(=O)NC(=O)N(c3ccc(Cl)cc3)C2=O)cc1OCC. The molecule has 1 aliphatic rings. The molecule has 0 aliphatic carbocycles. The number of carbonyl (C=O) groups is 3. The van der Waals surface area contributed by atoms with Gasteiger partial charge in [-0.1, -0.05) is 29.1 Å². The van der Waals surface area contributed by atoms with E-state index in [9.17, 15) is 14.4 Å². The van der Waals surface area contributed by atoms with E-state index in [2.05, 4.69) is 11.2 Å². The lowest BCUT2D eigenvalue weighted by molar-refractivity contribution is -0.122. The first-order valence-corrected chi connectivity index (χ1v) is 9.81. The summed E-state index contributed by atoms with van der Waals surface area (Å²) in [5.41, 5.74) is 0.396. The standard InChI is InChI=1S/C22H16Cl2N2O5/c1-3-9-31-19-17(24)11-13(12-18(19)30-4-2)10-16-20(27)25-22(29)26(21(16)28)15-7-5-14(23)6-8-15/h1,5-8,10-12H,4,9H2,2H3,(H,25,27,29)/b16-10+. The maximum absolute atomic E-state index is 13.0. The topological polar surface area (TPSA) is 84.9 Å². The number of anilines is 1. The van der Waals surface area contributed by atoms with Crippen molar-refractivity contribution in [2.75, 3.05) is 18.1 Å². The number of ether oxygens (including phenoxy) is 2. The van der Waals surface area contributed by atoms with Crippen LogP contribution in [0.25, 0.3) is 6.08 Å². The number of hydrogen-bond donors (Lipinski definition) is 1. The lowest BCUT2D eigenvalue weighted by Gasteiger charge is -2.26. The lowest BCUT2D eigenvalue weighted by Crippen LogP contribution is -2.54. The molecule has 9 heteroatoms. The fourth-order valence-electron chi connectivity index (χ4n) is 2.84. The van der Waals surface area contributed by atoms with Crippen LogP contribution in [-0.2, 0) is 9.59 Å². The first kappa shape index (κ1) is 22.2. The summed E-state index contributed by atoms with van der Waals surface area (Å²) in [4.78, 5) is 38.5. The van der Waals surface area contributed by atoms with Gasteiger partial charge in [0.2, 0.25) is 0 Å². The van der Waals surface area contributed by atoms with E-state index in [1.165, 1.54) is 36.4 Å². The number of barbiturate groups is 1. The molecular weight excluding hydrogens is 443 g/mol. The van der Waals surface area contributed by atoms with Gasteiger partial charge in [0.15, 0.2) is 11.5 Å². The molecule has 2 aromatic carbocycles.